The molecule has 11 aromatic rings. The van der Waals surface area contributed by atoms with Gasteiger partial charge in [0.05, 0.1) is 16.7 Å². The molecule has 0 aliphatic heterocycles. The number of hydrogen-bond acceptors (Lipinski definition) is 2. The highest BCUT2D eigenvalue weighted by atomic mass is 127. The maximum absolute atomic E-state index is 6.50. The monoisotopic (exact) mass is 854 g/mol. The van der Waals surface area contributed by atoms with Gasteiger partial charge >= 0.3 is 0 Å². The second kappa shape index (κ2) is 14.2. The van der Waals surface area contributed by atoms with E-state index in [0.29, 0.717) is 0 Å². The smallest absolute Gasteiger partial charge is 0.143 e. The van der Waals surface area contributed by atoms with Crippen molar-refractivity contribution in [2.45, 2.75) is 0 Å². The van der Waals surface area contributed by atoms with Gasteiger partial charge in [-0.15, -0.1) is 0 Å². The molecule has 58 heavy (non-hydrogen) atoms. The maximum atomic E-state index is 6.50. The number of halogens is 1. The van der Waals surface area contributed by atoms with E-state index in [9.17, 15) is 0 Å². The van der Waals surface area contributed by atoms with Crippen LogP contribution in [0.5, 0.6) is 0 Å². The number of para-hydroxylation sites is 4. The molecule has 0 unspecified atom stereocenters. The van der Waals surface area contributed by atoms with Gasteiger partial charge in [0.1, 0.15) is 11.2 Å². The Morgan fingerprint density at radius 1 is 0.379 bits per heavy atom. The SMILES string of the molecule is Ic1ccc2c3ccccc3n(-c3ccccc3-c3ccc(N(c4cccc(-c5ccccc5)c4)c4cccc(-c5cccc6c5oc5ccccc56)c4)cc3)c2c1. The lowest BCUT2D eigenvalue weighted by atomic mass is 10.00. The number of fused-ring (bicyclic) bond motifs is 6. The third-order valence-corrected chi connectivity index (χ3v) is 11.9. The first kappa shape index (κ1) is 34.4. The third kappa shape index (κ3) is 5.87. The summed E-state index contributed by atoms with van der Waals surface area (Å²) in [7, 11) is 0. The van der Waals surface area contributed by atoms with E-state index in [2.05, 4.69) is 232 Å². The Labute approximate surface area is 350 Å². The van der Waals surface area contributed by atoms with Gasteiger partial charge in [-0.2, -0.15) is 0 Å². The molecule has 0 atom stereocenters. The van der Waals surface area contributed by atoms with E-state index in [1.165, 1.54) is 36.5 Å². The normalized spacial score (nSPS) is 11.5. The minimum atomic E-state index is 0.898. The van der Waals surface area contributed by atoms with Crippen molar-refractivity contribution in [1.29, 1.82) is 0 Å². The van der Waals surface area contributed by atoms with Gasteiger partial charge in [0.15, 0.2) is 0 Å². The highest BCUT2D eigenvalue weighted by Crippen LogP contribution is 2.42. The van der Waals surface area contributed by atoms with Crippen molar-refractivity contribution in [2.75, 3.05) is 4.90 Å². The van der Waals surface area contributed by atoms with E-state index in [1.54, 1.807) is 0 Å². The molecule has 0 saturated heterocycles. The van der Waals surface area contributed by atoms with Gasteiger partial charge in [-0.3, -0.25) is 0 Å². The molecule has 3 nitrogen and oxygen atoms in total. The van der Waals surface area contributed by atoms with E-state index in [4.69, 9.17) is 4.42 Å². The molecular formula is C54H35IN2O. The van der Waals surface area contributed by atoms with E-state index < -0.39 is 0 Å². The first-order valence-electron chi connectivity index (χ1n) is 19.5. The van der Waals surface area contributed by atoms with Gasteiger partial charge < -0.3 is 13.9 Å². The van der Waals surface area contributed by atoms with Crippen LogP contribution in [0.1, 0.15) is 0 Å². The van der Waals surface area contributed by atoms with Crippen LogP contribution in [0.4, 0.5) is 17.1 Å². The van der Waals surface area contributed by atoms with Crippen LogP contribution < -0.4 is 4.90 Å². The van der Waals surface area contributed by atoms with Crippen molar-refractivity contribution >= 4 is 83.4 Å². The standard InChI is InChI=1S/C54H35IN2O/c55-40-29-32-47-46-20-5-8-25-51(46)57(52(47)35-40)50-24-7-4-19-44(50)37-27-30-41(31-28-37)56(42-17-10-15-38(33-42)36-13-2-1-3-14-36)43-18-11-16-39(34-43)45-22-12-23-49-48-21-6-9-26-53(48)58-54(45)49/h1-35H. The van der Waals surface area contributed by atoms with Gasteiger partial charge in [-0.1, -0.05) is 146 Å². The number of rotatable bonds is 7. The molecule has 0 N–H and O–H groups in total. The van der Waals surface area contributed by atoms with E-state index in [1.807, 2.05) is 12.1 Å². The molecule has 0 bridgehead atoms. The Hall–Kier alpha value is -6.89. The summed E-state index contributed by atoms with van der Waals surface area (Å²) in [5.41, 5.74) is 15.4. The topological polar surface area (TPSA) is 21.3 Å². The third-order valence-electron chi connectivity index (χ3n) is 11.2. The highest BCUT2D eigenvalue weighted by molar-refractivity contribution is 14.1. The molecule has 2 heterocycles. The van der Waals surface area contributed by atoms with Crippen LogP contribution in [0.2, 0.25) is 0 Å². The first-order chi connectivity index (χ1) is 28.7. The molecular weight excluding hydrogens is 820 g/mol. The fourth-order valence-electron chi connectivity index (χ4n) is 8.60. The number of nitrogens with zero attached hydrogens (tertiary/aromatic N) is 2. The van der Waals surface area contributed by atoms with Crippen LogP contribution in [-0.4, -0.2) is 4.57 Å². The Morgan fingerprint density at radius 3 is 1.84 bits per heavy atom. The van der Waals surface area contributed by atoms with Gasteiger partial charge in [0.2, 0.25) is 0 Å². The second-order valence-electron chi connectivity index (χ2n) is 14.7. The summed E-state index contributed by atoms with van der Waals surface area (Å²) in [4.78, 5) is 2.36. The van der Waals surface area contributed by atoms with Crippen LogP contribution in [0.15, 0.2) is 217 Å². The van der Waals surface area contributed by atoms with Crippen molar-refractivity contribution < 1.29 is 4.42 Å². The lowest BCUT2D eigenvalue weighted by Crippen LogP contribution is -2.10. The van der Waals surface area contributed by atoms with Gasteiger partial charge in [0, 0.05) is 53.3 Å². The lowest BCUT2D eigenvalue weighted by Gasteiger charge is -2.27. The van der Waals surface area contributed by atoms with Crippen molar-refractivity contribution in [3.63, 3.8) is 0 Å². The molecule has 0 fully saturated rings. The van der Waals surface area contributed by atoms with Crippen LogP contribution in [0.3, 0.4) is 0 Å². The Morgan fingerprint density at radius 2 is 1.00 bits per heavy atom. The number of hydrogen-bond donors (Lipinski definition) is 0. The molecule has 11 rings (SSSR count). The summed E-state index contributed by atoms with van der Waals surface area (Å²) in [6.45, 7) is 0. The van der Waals surface area contributed by atoms with Crippen molar-refractivity contribution in [1.82, 2.24) is 4.57 Å². The zero-order chi connectivity index (χ0) is 38.6. The van der Waals surface area contributed by atoms with Crippen LogP contribution in [0, 0.1) is 3.57 Å². The molecule has 2 aromatic heterocycles. The molecule has 9 aromatic carbocycles. The zero-order valence-corrected chi connectivity index (χ0v) is 33.5. The van der Waals surface area contributed by atoms with Crippen LogP contribution in [-0.2, 0) is 0 Å². The number of furan rings is 1. The molecule has 0 spiro atoms. The number of benzene rings is 9. The molecule has 0 radical (unpaired) electrons. The molecule has 0 saturated carbocycles. The molecule has 0 aliphatic carbocycles. The van der Waals surface area contributed by atoms with Crippen LogP contribution in [0.25, 0.3) is 82.8 Å². The Balaban J connectivity index is 1.05. The highest BCUT2D eigenvalue weighted by Gasteiger charge is 2.19. The minimum absolute atomic E-state index is 0.898. The summed E-state index contributed by atoms with van der Waals surface area (Å²) >= 11 is 2.42. The maximum Gasteiger partial charge on any atom is 0.143 e. The van der Waals surface area contributed by atoms with Crippen LogP contribution >= 0.6 is 22.6 Å². The zero-order valence-electron chi connectivity index (χ0n) is 31.4. The van der Waals surface area contributed by atoms with Crippen molar-refractivity contribution in [3.05, 3.63) is 216 Å². The van der Waals surface area contributed by atoms with E-state index in [-0.39, 0.29) is 0 Å². The fraction of sp³-hybridized carbons (Fsp3) is 0. The van der Waals surface area contributed by atoms with E-state index in [0.717, 1.165) is 66.9 Å². The summed E-state index contributed by atoms with van der Waals surface area (Å²) in [5, 5.41) is 4.77. The summed E-state index contributed by atoms with van der Waals surface area (Å²) in [5.74, 6) is 0. The minimum Gasteiger partial charge on any atom is -0.455 e. The predicted octanol–water partition coefficient (Wildman–Crippen LogP) is 15.8. The fourth-order valence-corrected chi connectivity index (χ4v) is 9.07. The van der Waals surface area contributed by atoms with Crippen molar-refractivity contribution in [3.8, 4) is 39.1 Å². The Bertz CT molecular complexity index is 3310. The quantitative estimate of drug-likeness (QED) is 0.149. The second-order valence-corrected chi connectivity index (χ2v) is 15.9. The lowest BCUT2D eigenvalue weighted by molar-refractivity contribution is 0.670. The molecule has 0 amide bonds. The van der Waals surface area contributed by atoms with E-state index >= 15 is 0 Å². The summed E-state index contributed by atoms with van der Waals surface area (Å²) < 4.78 is 10.1. The summed E-state index contributed by atoms with van der Waals surface area (Å²) in [6.07, 6.45) is 0. The molecule has 274 valence electrons. The molecule has 4 heteroatoms. The van der Waals surface area contributed by atoms with Gasteiger partial charge in [-0.25, -0.2) is 0 Å². The first-order valence-corrected chi connectivity index (χ1v) is 20.6. The predicted molar refractivity (Wildman–Crippen MR) is 252 cm³/mol. The van der Waals surface area contributed by atoms with Gasteiger partial charge in [-0.05, 0) is 112 Å². The largest absolute Gasteiger partial charge is 0.455 e. The number of anilines is 3. The average Bonchev–Trinajstić information content (AvgIpc) is 3.83. The summed E-state index contributed by atoms with van der Waals surface area (Å²) in [6, 6.07) is 76.2. The Kier molecular flexibility index (Phi) is 8.44. The van der Waals surface area contributed by atoms with Crippen molar-refractivity contribution in [2.24, 2.45) is 0 Å². The van der Waals surface area contributed by atoms with Gasteiger partial charge in [0.25, 0.3) is 0 Å². The molecule has 0 aliphatic rings. The average molecular weight is 855 g/mol. The number of aromatic nitrogens is 1.